The maximum Gasteiger partial charge on any atom is 0.181 e. The Kier molecular flexibility index (Phi) is 6.25. The lowest BCUT2D eigenvalue weighted by molar-refractivity contribution is 0.662. The minimum absolute atomic E-state index is 0.734. The Hall–Kier alpha value is -7.11. The van der Waals surface area contributed by atoms with E-state index in [2.05, 4.69) is 179 Å². The molecule has 0 aliphatic heterocycles. The minimum atomic E-state index is 0.734. The molecule has 11 rings (SSSR count). The van der Waals surface area contributed by atoms with Gasteiger partial charge < -0.3 is 13.6 Å². The number of hydrogen-bond acceptors (Lipinski definition) is 2. The number of nitrogens with zero attached hydrogens (tertiary/aromatic N) is 4. The van der Waals surface area contributed by atoms with Gasteiger partial charge in [0.05, 0.1) is 33.3 Å². The lowest BCUT2D eigenvalue weighted by atomic mass is 10.1. The van der Waals surface area contributed by atoms with Gasteiger partial charge in [-0.15, -0.1) is 0 Å². The van der Waals surface area contributed by atoms with Crippen LogP contribution in [0.3, 0.4) is 0 Å². The van der Waals surface area contributed by atoms with Crippen LogP contribution in [-0.4, -0.2) is 18.7 Å². The Morgan fingerprint density at radius 1 is 0.566 bits per heavy atom. The molecule has 0 saturated carbocycles. The molecule has 11 aromatic rings. The SMILES string of the molecule is C=Cc1c(/C=C(\C)n2c3ccccc3c3ccccc32)c2ccccc2n1-c1nccc2c1oc1ccc(-n3c4ccccc4c4ccccc43)cc12. The number of para-hydroxylation sites is 5. The highest BCUT2D eigenvalue weighted by Gasteiger charge is 2.22. The monoisotopic (exact) mass is 680 g/mol. The maximum absolute atomic E-state index is 6.73. The van der Waals surface area contributed by atoms with Crippen LogP contribution in [0.4, 0.5) is 0 Å². The molecule has 6 aromatic carbocycles. The Bertz CT molecular complexity index is 3220. The van der Waals surface area contributed by atoms with Crippen LogP contribution in [0.5, 0.6) is 0 Å². The molecule has 0 aliphatic carbocycles. The zero-order valence-electron chi connectivity index (χ0n) is 29.0. The third-order valence-electron chi connectivity index (χ3n) is 10.8. The summed E-state index contributed by atoms with van der Waals surface area (Å²) >= 11 is 0. The number of pyridine rings is 1. The molecule has 5 aromatic heterocycles. The van der Waals surface area contributed by atoms with Gasteiger partial charge in [0.15, 0.2) is 11.4 Å². The molecule has 5 heteroatoms. The summed E-state index contributed by atoms with van der Waals surface area (Å²) in [5.74, 6) is 0.734. The number of rotatable bonds is 5. The Labute approximate surface area is 304 Å². The normalized spacial score (nSPS) is 12.4. The fourth-order valence-corrected chi connectivity index (χ4v) is 8.62. The molecular weight excluding hydrogens is 649 g/mol. The smallest absolute Gasteiger partial charge is 0.181 e. The Morgan fingerprint density at radius 2 is 1.09 bits per heavy atom. The van der Waals surface area contributed by atoms with Gasteiger partial charge in [-0.2, -0.15) is 0 Å². The summed E-state index contributed by atoms with van der Waals surface area (Å²) < 4.78 is 13.6. The molecule has 0 N–H and O–H groups in total. The van der Waals surface area contributed by atoms with E-state index < -0.39 is 0 Å². The van der Waals surface area contributed by atoms with Gasteiger partial charge in [0.25, 0.3) is 0 Å². The topological polar surface area (TPSA) is 40.8 Å². The van der Waals surface area contributed by atoms with E-state index in [1.165, 1.54) is 43.6 Å². The second-order valence-electron chi connectivity index (χ2n) is 13.7. The van der Waals surface area contributed by atoms with Gasteiger partial charge in [0.2, 0.25) is 0 Å². The van der Waals surface area contributed by atoms with Crippen molar-refractivity contribution < 1.29 is 4.42 Å². The molecule has 5 nitrogen and oxygen atoms in total. The fourth-order valence-electron chi connectivity index (χ4n) is 8.62. The number of benzene rings is 6. The quantitative estimate of drug-likeness (QED) is 0.182. The number of aromatic nitrogens is 4. The third kappa shape index (κ3) is 4.16. The van der Waals surface area contributed by atoms with Gasteiger partial charge in [-0.25, -0.2) is 4.98 Å². The summed E-state index contributed by atoms with van der Waals surface area (Å²) in [4.78, 5) is 5.00. The lowest BCUT2D eigenvalue weighted by Crippen LogP contribution is -2.00. The van der Waals surface area contributed by atoms with Crippen LogP contribution in [0.15, 0.2) is 163 Å². The van der Waals surface area contributed by atoms with Crippen LogP contribution in [0, 0.1) is 0 Å². The van der Waals surface area contributed by atoms with Crippen LogP contribution in [0.25, 0.3) is 106 Å². The highest BCUT2D eigenvalue weighted by atomic mass is 16.3. The Morgan fingerprint density at radius 3 is 1.70 bits per heavy atom. The highest BCUT2D eigenvalue weighted by molar-refractivity contribution is 6.13. The van der Waals surface area contributed by atoms with Crippen molar-refractivity contribution >= 4 is 94.3 Å². The van der Waals surface area contributed by atoms with E-state index in [1.807, 2.05) is 12.3 Å². The van der Waals surface area contributed by atoms with Crippen molar-refractivity contribution in [2.75, 3.05) is 0 Å². The summed E-state index contributed by atoms with van der Waals surface area (Å²) in [6.45, 7) is 6.52. The predicted molar refractivity (Wildman–Crippen MR) is 222 cm³/mol. The van der Waals surface area contributed by atoms with Crippen molar-refractivity contribution in [1.29, 1.82) is 0 Å². The van der Waals surface area contributed by atoms with Crippen molar-refractivity contribution in [3.8, 4) is 11.5 Å². The van der Waals surface area contributed by atoms with Gasteiger partial charge in [0.1, 0.15) is 5.58 Å². The van der Waals surface area contributed by atoms with Crippen molar-refractivity contribution in [3.05, 3.63) is 170 Å². The van der Waals surface area contributed by atoms with E-state index in [0.717, 1.165) is 61.3 Å². The molecule has 0 fully saturated rings. The standard InChI is InChI=1S/C48H32N4O/c1-3-40-38(28-30(2)50-41-19-9-4-14-32(41)33-15-5-10-20-42(33)50)36-18-8-13-23-45(36)52(40)48-47-37(26-27-49-48)39-29-31(24-25-46(39)53-47)51-43-21-11-6-16-34(43)35-17-7-12-22-44(35)51/h3-29H,1H2,2H3/b30-28+. The number of hydrogen-bond donors (Lipinski definition) is 0. The average molecular weight is 681 g/mol. The molecule has 0 atom stereocenters. The van der Waals surface area contributed by atoms with Crippen molar-refractivity contribution in [1.82, 2.24) is 18.7 Å². The predicted octanol–water partition coefficient (Wildman–Crippen LogP) is 12.8. The molecule has 0 saturated heterocycles. The van der Waals surface area contributed by atoms with Gasteiger partial charge in [-0.05, 0) is 73.7 Å². The van der Waals surface area contributed by atoms with Crippen LogP contribution in [0.2, 0.25) is 0 Å². The zero-order valence-corrected chi connectivity index (χ0v) is 29.0. The first-order valence-corrected chi connectivity index (χ1v) is 17.9. The van der Waals surface area contributed by atoms with Gasteiger partial charge in [-0.1, -0.05) is 97.6 Å². The summed E-state index contributed by atoms with van der Waals surface area (Å²) in [6.07, 6.45) is 6.11. The van der Waals surface area contributed by atoms with Crippen LogP contribution in [0.1, 0.15) is 18.2 Å². The van der Waals surface area contributed by atoms with Crippen LogP contribution in [-0.2, 0) is 0 Å². The summed E-state index contributed by atoms with van der Waals surface area (Å²) in [5.41, 5.74) is 11.5. The van der Waals surface area contributed by atoms with E-state index >= 15 is 0 Å². The summed E-state index contributed by atoms with van der Waals surface area (Å²) in [5, 5.41) is 8.13. The first kappa shape index (κ1) is 29.6. The third-order valence-corrected chi connectivity index (χ3v) is 10.8. The largest absolute Gasteiger partial charge is 0.452 e. The average Bonchev–Trinajstić information content (AvgIpc) is 3.94. The molecule has 250 valence electrons. The highest BCUT2D eigenvalue weighted by Crippen LogP contribution is 2.40. The molecule has 0 aliphatic rings. The van der Waals surface area contributed by atoms with Crippen LogP contribution >= 0.6 is 0 Å². The summed E-state index contributed by atoms with van der Waals surface area (Å²) in [7, 11) is 0. The van der Waals surface area contributed by atoms with Crippen molar-refractivity contribution in [2.24, 2.45) is 0 Å². The van der Waals surface area contributed by atoms with E-state index in [1.54, 1.807) is 0 Å². The Balaban J connectivity index is 1.13. The number of furan rings is 1. The summed E-state index contributed by atoms with van der Waals surface area (Å²) in [6, 6.07) is 51.5. The van der Waals surface area contributed by atoms with Gasteiger partial charge in [0, 0.05) is 60.8 Å². The van der Waals surface area contributed by atoms with Gasteiger partial charge in [-0.3, -0.25) is 4.57 Å². The molecule has 0 radical (unpaired) electrons. The van der Waals surface area contributed by atoms with E-state index in [9.17, 15) is 0 Å². The first-order valence-electron chi connectivity index (χ1n) is 17.9. The molecule has 53 heavy (non-hydrogen) atoms. The maximum atomic E-state index is 6.73. The number of allylic oxidation sites excluding steroid dienone is 1. The molecule has 0 unspecified atom stereocenters. The molecule has 5 heterocycles. The second kappa shape index (κ2) is 11.2. The van der Waals surface area contributed by atoms with E-state index in [4.69, 9.17) is 9.40 Å². The van der Waals surface area contributed by atoms with Crippen molar-refractivity contribution in [3.63, 3.8) is 0 Å². The van der Waals surface area contributed by atoms with Crippen molar-refractivity contribution in [2.45, 2.75) is 6.92 Å². The molecule has 0 amide bonds. The van der Waals surface area contributed by atoms with Gasteiger partial charge >= 0.3 is 0 Å². The lowest BCUT2D eigenvalue weighted by Gasteiger charge is -2.10. The van der Waals surface area contributed by atoms with E-state index in [-0.39, 0.29) is 0 Å². The molecular formula is C48H32N4O. The second-order valence-corrected chi connectivity index (χ2v) is 13.7. The minimum Gasteiger partial charge on any atom is -0.452 e. The fraction of sp³-hybridized carbons (Fsp3) is 0.0208. The zero-order chi connectivity index (χ0) is 35.2. The number of fused-ring (bicyclic) bond motifs is 10. The van der Waals surface area contributed by atoms with Crippen LogP contribution < -0.4 is 0 Å². The molecule has 0 bridgehead atoms. The molecule has 0 spiro atoms. The first-order chi connectivity index (χ1) is 26.2. The van der Waals surface area contributed by atoms with E-state index in [0.29, 0.717) is 0 Å².